The zero-order valence-electron chi connectivity index (χ0n) is 12.2. The summed E-state index contributed by atoms with van der Waals surface area (Å²) < 4.78 is 13.8. The van der Waals surface area contributed by atoms with Gasteiger partial charge in [0.1, 0.15) is 5.82 Å². The highest BCUT2D eigenvalue weighted by Gasteiger charge is 2.14. The van der Waals surface area contributed by atoms with E-state index in [1.807, 2.05) is 12.1 Å². The van der Waals surface area contributed by atoms with Gasteiger partial charge in [-0.15, -0.1) is 0 Å². The Hall–Kier alpha value is -1.42. The normalized spacial score (nSPS) is 12.7. The first kappa shape index (κ1) is 16.0. The van der Waals surface area contributed by atoms with Gasteiger partial charge in [-0.2, -0.15) is 0 Å². The van der Waals surface area contributed by atoms with Crippen LogP contribution in [-0.2, 0) is 6.42 Å². The summed E-state index contributed by atoms with van der Waals surface area (Å²) in [4.78, 5) is 0. The fourth-order valence-corrected chi connectivity index (χ4v) is 2.50. The second kappa shape index (κ2) is 7.03. The van der Waals surface area contributed by atoms with Crippen molar-refractivity contribution in [3.8, 4) is 0 Å². The molecule has 0 fully saturated rings. The number of rotatable bonds is 5. The molecule has 4 heteroatoms. The van der Waals surface area contributed by atoms with Crippen molar-refractivity contribution in [2.45, 2.75) is 32.2 Å². The molecule has 0 amide bonds. The van der Waals surface area contributed by atoms with E-state index in [1.165, 1.54) is 11.6 Å². The summed E-state index contributed by atoms with van der Waals surface area (Å²) in [6.07, 6.45) is 0.448. The second-order valence-corrected chi connectivity index (χ2v) is 5.92. The van der Waals surface area contributed by atoms with Crippen LogP contribution in [0.4, 0.5) is 4.39 Å². The summed E-state index contributed by atoms with van der Waals surface area (Å²) in [7, 11) is 0. The number of halogens is 2. The third kappa shape index (κ3) is 4.03. The highest BCUT2D eigenvalue weighted by atomic mass is 35.5. The lowest BCUT2D eigenvalue weighted by molar-refractivity contribution is 0.529. The minimum atomic E-state index is -0.265. The standard InChI is InChI=1S/C17H20ClFN2/c1-11(2)12-3-5-13(6-4-12)17(21-20)10-14-9-15(18)7-8-16(14)19/h3-9,11,17,21H,10,20H2,1-2H3. The van der Waals surface area contributed by atoms with Crippen LogP contribution < -0.4 is 11.3 Å². The molecular formula is C17H20ClFN2. The summed E-state index contributed by atoms with van der Waals surface area (Å²) in [6.45, 7) is 4.30. The molecule has 21 heavy (non-hydrogen) atoms. The molecular weight excluding hydrogens is 287 g/mol. The van der Waals surface area contributed by atoms with Gasteiger partial charge in [-0.25, -0.2) is 4.39 Å². The van der Waals surface area contributed by atoms with E-state index in [2.05, 4.69) is 31.4 Å². The van der Waals surface area contributed by atoms with Crippen molar-refractivity contribution in [1.29, 1.82) is 0 Å². The highest BCUT2D eigenvalue weighted by Crippen LogP contribution is 2.24. The van der Waals surface area contributed by atoms with E-state index in [1.54, 1.807) is 12.1 Å². The van der Waals surface area contributed by atoms with Crippen molar-refractivity contribution in [2.75, 3.05) is 0 Å². The van der Waals surface area contributed by atoms with Crippen molar-refractivity contribution >= 4 is 11.6 Å². The maximum absolute atomic E-state index is 13.8. The average molecular weight is 307 g/mol. The smallest absolute Gasteiger partial charge is 0.126 e. The third-order valence-electron chi connectivity index (χ3n) is 3.64. The fraction of sp³-hybridized carbons (Fsp3) is 0.294. The third-order valence-corrected chi connectivity index (χ3v) is 3.87. The van der Waals surface area contributed by atoms with Crippen LogP contribution in [-0.4, -0.2) is 0 Å². The van der Waals surface area contributed by atoms with Crippen LogP contribution in [0, 0.1) is 5.82 Å². The van der Waals surface area contributed by atoms with E-state index in [0.717, 1.165) is 5.56 Å². The van der Waals surface area contributed by atoms with Crippen molar-refractivity contribution in [1.82, 2.24) is 5.43 Å². The second-order valence-electron chi connectivity index (χ2n) is 5.48. The summed E-state index contributed by atoms with van der Waals surface area (Å²) in [6, 6.07) is 12.6. The Balaban J connectivity index is 2.21. The van der Waals surface area contributed by atoms with Gasteiger partial charge >= 0.3 is 0 Å². The number of nitrogens with two attached hydrogens (primary N) is 1. The van der Waals surface area contributed by atoms with E-state index >= 15 is 0 Å². The number of hydrazine groups is 1. The first-order valence-electron chi connectivity index (χ1n) is 7.01. The summed E-state index contributed by atoms with van der Waals surface area (Å²) >= 11 is 5.93. The molecule has 0 spiro atoms. The molecule has 0 heterocycles. The average Bonchev–Trinajstić information content (AvgIpc) is 2.48. The molecule has 0 aliphatic rings. The zero-order valence-corrected chi connectivity index (χ0v) is 13.0. The molecule has 0 aliphatic carbocycles. The lowest BCUT2D eigenvalue weighted by Gasteiger charge is -2.18. The molecule has 0 bridgehead atoms. The predicted octanol–water partition coefficient (Wildman–Crippen LogP) is 4.35. The van der Waals surface area contributed by atoms with E-state index < -0.39 is 0 Å². The van der Waals surface area contributed by atoms with E-state index in [-0.39, 0.29) is 11.9 Å². The Labute approximate surface area is 130 Å². The van der Waals surface area contributed by atoms with Crippen molar-refractivity contribution in [3.05, 3.63) is 70.0 Å². The molecule has 2 aromatic carbocycles. The largest absolute Gasteiger partial charge is 0.271 e. The maximum atomic E-state index is 13.8. The minimum absolute atomic E-state index is 0.154. The van der Waals surface area contributed by atoms with E-state index in [4.69, 9.17) is 17.4 Å². The summed E-state index contributed by atoms with van der Waals surface area (Å²) in [5, 5.41) is 0.525. The highest BCUT2D eigenvalue weighted by molar-refractivity contribution is 6.30. The first-order valence-corrected chi connectivity index (χ1v) is 7.39. The molecule has 3 N–H and O–H groups in total. The molecule has 2 nitrogen and oxygen atoms in total. The lowest BCUT2D eigenvalue weighted by atomic mass is 9.96. The molecule has 112 valence electrons. The van der Waals surface area contributed by atoms with E-state index in [9.17, 15) is 4.39 Å². The van der Waals surface area contributed by atoms with Gasteiger partial charge in [0.05, 0.1) is 6.04 Å². The van der Waals surface area contributed by atoms with Crippen LogP contribution in [0.3, 0.4) is 0 Å². The van der Waals surface area contributed by atoms with Crippen molar-refractivity contribution < 1.29 is 4.39 Å². The van der Waals surface area contributed by atoms with Gasteiger partial charge in [-0.05, 0) is 47.2 Å². The number of nitrogens with one attached hydrogen (secondary N) is 1. The van der Waals surface area contributed by atoms with Crippen molar-refractivity contribution in [3.63, 3.8) is 0 Å². The molecule has 2 rings (SSSR count). The number of hydrogen-bond donors (Lipinski definition) is 2. The topological polar surface area (TPSA) is 38.0 Å². The molecule has 0 saturated carbocycles. The van der Waals surface area contributed by atoms with Gasteiger partial charge in [0.15, 0.2) is 0 Å². The van der Waals surface area contributed by atoms with E-state index in [0.29, 0.717) is 22.9 Å². The Morgan fingerprint density at radius 1 is 1.10 bits per heavy atom. The van der Waals surface area contributed by atoms with Gasteiger partial charge in [-0.1, -0.05) is 49.7 Å². The Morgan fingerprint density at radius 3 is 2.29 bits per heavy atom. The van der Waals surface area contributed by atoms with Gasteiger partial charge in [0.2, 0.25) is 0 Å². The predicted molar refractivity (Wildman–Crippen MR) is 85.7 cm³/mol. The monoisotopic (exact) mass is 306 g/mol. The van der Waals surface area contributed by atoms with Gasteiger partial charge in [0.25, 0.3) is 0 Å². The maximum Gasteiger partial charge on any atom is 0.126 e. The summed E-state index contributed by atoms with van der Waals surface area (Å²) in [5.41, 5.74) is 5.60. The molecule has 1 atom stereocenters. The van der Waals surface area contributed by atoms with Crippen LogP contribution in [0.15, 0.2) is 42.5 Å². The molecule has 0 saturated heterocycles. The molecule has 1 unspecified atom stereocenters. The Kier molecular flexibility index (Phi) is 5.34. The molecule has 2 aromatic rings. The zero-order chi connectivity index (χ0) is 15.4. The minimum Gasteiger partial charge on any atom is -0.271 e. The van der Waals surface area contributed by atoms with Crippen LogP contribution in [0.2, 0.25) is 5.02 Å². The Bertz CT molecular complexity index is 596. The first-order chi connectivity index (χ1) is 10.0. The quantitative estimate of drug-likeness (QED) is 0.636. The molecule has 0 aromatic heterocycles. The van der Waals surface area contributed by atoms with Gasteiger partial charge in [0, 0.05) is 5.02 Å². The molecule has 0 radical (unpaired) electrons. The SMILES string of the molecule is CC(C)c1ccc(C(Cc2cc(Cl)ccc2F)NN)cc1. The Morgan fingerprint density at radius 2 is 1.71 bits per heavy atom. The van der Waals surface area contributed by atoms with Crippen molar-refractivity contribution in [2.24, 2.45) is 5.84 Å². The number of hydrogen-bond acceptors (Lipinski definition) is 2. The lowest BCUT2D eigenvalue weighted by Crippen LogP contribution is -2.29. The van der Waals surface area contributed by atoms with Crippen LogP contribution in [0.1, 0.15) is 42.5 Å². The number of benzene rings is 2. The summed E-state index contributed by atoms with van der Waals surface area (Å²) in [5.74, 6) is 5.85. The molecule has 0 aliphatic heterocycles. The van der Waals surface area contributed by atoms with Crippen LogP contribution >= 0.6 is 11.6 Å². The fourth-order valence-electron chi connectivity index (χ4n) is 2.31. The van der Waals surface area contributed by atoms with Crippen LogP contribution in [0.5, 0.6) is 0 Å². The van der Waals surface area contributed by atoms with Crippen LogP contribution in [0.25, 0.3) is 0 Å². The van der Waals surface area contributed by atoms with Gasteiger partial charge < -0.3 is 0 Å². The van der Waals surface area contributed by atoms with Gasteiger partial charge in [-0.3, -0.25) is 11.3 Å².